The van der Waals surface area contributed by atoms with E-state index in [2.05, 4.69) is 260 Å². The highest BCUT2D eigenvalue weighted by Gasteiger charge is 2.28. The van der Waals surface area contributed by atoms with Gasteiger partial charge in [-0.1, -0.05) is 158 Å². The third-order valence-electron chi connectivity index (χ3n) is 18.4. The highest BCUT2D eigenvalue weighted by Crippen LogP contribution is 2.57. The quantitative estimate of drug-likeness (QED) is 0.166. The topological polar surface area (TPSA) is 29.5 Å². The van der Waals surface area contributed by atoms with E-state index >= 15 is 0 Å². The van der Waals surface area contributed by atoms with Crippen LogP contribution in [0.3, 0.4) is 0 Å². The fraction of sp³-hybridized carbons (Fsp3) is 0. The lowest BCUT2D eigenvalue weighted by Gasteiger charge is -2.25. The zero-order valence-electron chi connectivity index (χ0n) is 45.8. The number of rotatable bonds is 6. The monoisotopic (exact) mass is 1150 g/mol. The first-order valence-corrected chi connectivity index (χ1v) is 31.6. The minimum Gasteiger partial charge on any atom is -0.456 e. The molecule has 0 unspecified atom stereocenters. The molecular formula is C80H43NO2S3. The number of hydrogen-bond acceptors (Lipinski definition) is 6. The van der Waals surface area contributed by atoms with E-state index in [4.69, 9.17) is 8.83 Å². The van der Waals surface area contributed by atoms with Gasteiger partial charge in [0.2, 0.25) is 0 Å². The zero-order valence-corrected chi connectivity index (χ0v) is 48.3. The summed E-state index contributed by atoms with van der Waals surface area (Å²) in [5, 5.41) is 18.5. The highest BCUT2D eigenvalue weighted by molar-refractivity contribution is 7.27. The Labute approximate surface area is 503 Å². The fourth-order valence-corrected chi connectivity index (χ4v) is 18.3. The van der Waals surface area contributed by atoms with Crippen molar-refractivity contribution < 1.29 is 8.83 Å². The molecule has 3 nitrogen and oxygen atoms in total. The molecule has 0 aliphatic heterocycles. The van der Waals surface area contributed by atoms with Crippen LogP contribution in [0.25, 0.3) is 182 Å². The lowest BCUT2D eigenvalue weighted by atomic mass is 9.90. The van der Waals surface area contributed by atoms with Crippen LogP contribution in [0.15, 0.2) is 270 Å². The normalized spacial score (nSPS) is 12.4. The predicted octanol–water partition coefficient (Wildman–Crippen LogP) is 25.0. The minimum absolute atomic E-state index is 0.929. The van der Waals surface area contributed by atoms with Crippen molar-refractivity contribution in [2.75, 3.05) is 4.90 Å². The van der Waals surface area contributed by atoms with E-state index in [9.17, 15) is 0 Å². The average Bonchev–Trinajstić information content (AvgIpc) is 1.61. The maximum absolute atomic E-state index is 6.46. The summed E-state index contributed by atoms with van der Waals surface area (Å²) in [6.07, 6.45) is 0. The minimum atomic E-state index is 0.929. The smallest absolute Gasteiger partial charge is 0.136 e. The van der Waals surface area contributed by atoms with E-state index in [0.717, 1.165) is 44.8 Å². The van der Waals surface area contributed by atoms with Gasteiger partial charge in [-0.3, -0.25) is 0 Å². The van der Waals surface area contributed by atoms with Gasteiger partial charge < -0.3 is 13.7 Å². The lowest BCUT2D eigenvalue weighted by Crippen LogP contribution is -2.09. The second-order valence-corrected chi connectivity index (χ2v) is 26.1. The van der Waals surface area contributed by atoms with Crippen LogP contribution in [0, 0.1) is 0 Å². The van der Waals surface area contributed by atoms with Gasteiger partial charge in [0.15, 0.2) is 0 Å². The second kappa shape index (κ2) is 17.6. The van der Waals surface area contributed by atoms with E-state index in [1.54, 1.807) is 0 Å². The molecule has 0 saturated heterocycles. The number of para-hydroxylation sites is 3. The Morgan fingerprint density at radius 3 is 1.51 bits per heavy atom. The van der Waals surface area contributed by atoms with Crippen LogP contribution in [0.5, 0.6) is 0 Å². The summed E-state index contributed by atoms with van der Waals surface area (Å²) in [5.41, 5.74) is 19.8. The van der Waals surface area contributed by atoms with Gasteiger partial charge in [-0.2, -0.15) is 0 Å². The molecule has 0 radical (unpaired) electrons. The Morgan fingerprint density at radius 1 is 0.233 bits per heavy atom. The standard InChI is InChI=1S/C40H23NOS.C40H20OS2/c1-3-8-26(9-4-1)41(27-10-5-2-6-11-27)28-18-14-24(15-19-28)29-20-23-34-40-36(29)30-12-7-13-31-37(30)38-32(42-31)21-16-25-17-22-33(43-34)39(40)35(25)38;1-2-13-29-27(9-1)35-23(10-4-14-30(35)41-29)21-7-3-8-22(19-21)28-20-34-40-37-25(12-6-16-32(37)43-34)24-11-5-15-31-36(24)39-33(42-31)18-17-26(28)38(39)40/h1-23H;1-20H. The van der Waals surface area contributed by atoms with Crippen molar-refractivity contribution >= 4 is 177 Å². The number of furan rings is 2. The number of fused-ring (bicyclic) bond motifs is 5. The SMILES string of the molecule is c1cc(-c2cc3sc4cccc5c4c3c3c2ccc2sc4cccc-5c4c23)cc(-c2cccc3oc4ccccc4c23)c1.c1ccc(N(c2ccccc2)c2ccc(-c3ccc4sc5ccc6ccc7oc8cccc9c8c7c6c5c4c3-9)cc2)cc1. The largest absolute Gasteiger partial charge is 0.456 e. The number of thiophene rings is 3. The number of nitrogens with zero attached hydrogens (tertiary/aromatic N) is 1. The van der Waals surface area contributed by atoms with E-state index < -0.39 is 0 Å². The summed E-state index contributed by atoms with van der Waals surface area (Å²) in [7, 11) is 0. The molecule has 14 aromatic carbocycles. The molecule has 5 aromatic heterocycles. The molecule has 21 rings (SSSR count). The molecule has 2 aliphatic carbocycles. The summed E-state index contributed by atoms with van der Waals surface area (Å²) in [5.74, 6) is 0. The molecule has 0 spiro atoms. The molecule has 0 fully saturated rings. The van der Waals surface area contributed by atoms with Crippen LogP contribution in [0.2, 0.25) is 0 Å². The lowest BCUT2D eigenvalue weighted by molar-refractivity contribution is 0.668. The maximum Gasteiger partial charge on any atom is 0.136 e. The number of benzene rings is 14. The molecule has 6 heteroatoms. The van der Waals surface area contributed by atoms with Crippen LogP contribution >= 0.6 is 34.0 Å². The van der Waals surface area contributed by atoms with Gasteiger partial charge in [0.25, 0.3) is 0 Å². The van der Waals surface area contributed by atoms with E-state index in [0.29, 0.717) is 0 Å². The maximum atomic E-state index is 6.46. The van der Waals surface area contributed by atoms with Crippen LogP contribution in [-0.4, -0.2) is 0 Å². The van der Waals surface area contributed by atoms with Crippen molar-refractivity contribution in [1.82, 2.24) is 0 Å². The molecule has 0 saturated carbocycles. The number of hydrogen-bond donors (Lipinski definition) is 0. The van der Waals surface area contributed by atoms with Crippen molar-refractivity contribution in [3.05, 3.63) is 261 Å². The molecule has 0 bridgehead atoms. The van der Waals surface area contributed by atoms with Gasteiger partial charge in [0.1, 0.15) is 22.3 Å². The summed E-state index contributed by atoms with van der Waals surface area (Å²) in [6.45, 7) is 0. The summed E-state index contributed by atoms with van der Waals surface area (Å²) in [6, 6.07) is 95.0. The first-order chi connectivity index (χ1) is 42.6. The molecule has 0 amide bonds. The van der Waals surface area contributed by atoms with Crippen molar-refractivity contribution in [3.63, 3.8) is 0 Å². The Bertz CT molecular complexity index is 6070. The predicted molar refractivity (Wildman–Crippen MR) is 370 cm³/mol. The van der Waals surface area contributed by atoms with Gasteiger partial charge >= 0.3 is 0 Å². The highest BCUT2D eigenvalue weighted by atomic mass is 32.1. The molecule has 0 N–H and O–H groups in total. The summed E-state index contributed by atoms with van der Waals surface area (Å²) >= 11 is 5.73. The van der Waals surface area contributed by atoms with Gasteiger partial charge in [0, 0.05) is 110 Å². The van der Waals surface area contributed by atoms with E-state index in [1.165, 1.54) is 154 Å². The Balaban J connectivity index is 0.000000122. The van der Waals surface area contributed by atoms with Crippen molar-refractivity contribution in [3.8, 4) is 55.6 Å². The third-order valence-corrected chi connectivity index (χ3v) is 21.7. The Kier molecular flexibility index (Phi) is 9.64. The summed E-state index contributed by atoms with van der Waals surface area (Å²) < 4.78 is 20.8. The molecule has 2 aliphatic rings. The van der Waals surface area contributed by atoms with E-state index in [-0.39, 0.29) is 0 Å². The van der Waals surface area contributed by atoms with Crippen molar-refractivity contribution in [1.29, 1.82) is 0 Å². The van der Waals surface area contributed by atoms with Crippen molar-refractivity contribution in [2.45, 2.75) is 0 Å². The molecule has 5 heterocycles. The van der Waals surface area contributed by atoms with Gasteiger partial charge in [0.05, 0.1) is 0 Å². The Morgan fingerprint density at radius 2 is 0.756 bits per heavy atom. The Hall–Kier alpha value is -10.3. The summed E-state index contributed by atoms with van der Waals surface area (Å²) in [4.78, 5) is 2.31. The van der Waals surface area contributed by atoms with E-state index in [1.807, 2.05) is 40.1 Å². The zero-order chi connectivity index (χ0) is 55.9. The van der Waals surface area contributed by atoms with Gasteiger partial charge in [-0.25, -0.2) is 0 Å². The third kappa shape index (κ3) is 6.50. The first kappa shape index (κ1) is 47.1. The molecule has 0 atom stereocenters. The molecule has 19 aromatic rings. The average molecular weight is 1150 g/mol. The van der Waals surface area contributed by atoms with Crippen LogP contribution < -0.4 is 4.90 Å². The fourth-order valence-electron chi connectivity index (χ4n) is 14.9. The first-order valence-electron chi connectivity index (χ1n) is 29.2. The van der Waals surface area contributed by atoms with Gasteiger partial charge in [-0.15, -0.1) is 34.0 Å². The molecular weight excluding hydrogens is 1100 g/mol. The molecule has 86 heavy (non-hydrogen) atoms. The van der Waals surface area contributed by atoms with Crippen LogP contribution in [-0.2, 0) is 0 Å². The number of anilines is 3. The van der Waals surface area contributed by atoms with Gasteiger partial charge in [-0.05, 0) is 170 Å². The van der Waals surface area contributed by atoms with Crippen LogP contribution in [0.4, 0.5) is 17.1 Å². The van der Waals surface area contributed by atoms with Crippen LogP contribution in [0.1, 0.15) is 0 Å². The van der Waals surface area contributed by atoms with Crippen molar-refractivity contribution in [2.24, 2.45) is 0 Å². The second-order valence-electron chi connectivity index (χ2n) is 22.9. The molecule has 398 valence electrons.